The number of benzene rings is 3. The molecule has 12 rings (SSSR count). The lowest BCUT2D eigenvalue weighted by Gasteiger charge is -2.61. The van der Waals surface area contributed by atoms with Crippen LogP contribution in [0.25, 0.3) is 21.3 Å². The van der Waals surface area contributed by atoms with Crippen molar-refractivity contribution in [3.05, 3.63) is 131 Å². The van der Waals surface area contributed by atoms with E-state index in [1.165, 1.54) is 34.8 Å². The number of amides is 9. The van der Waals surface area contributed by atoms with Gasteiger partial charge in [0, 0.05) is 93.0 Å². The van der Waals surface area contributed by atoms with E-state index < -0.39 is 42.0 Å². The fourth-order valence-corrected chi connectivity index (χ4v) is 16.2. The second-order valence-corrected chi connectivity index (χ2v) is 28.9. The number of carbonyl (C=O) groups is 9. The molecule has 5 heterocycles. The quantitative estimate of drug-likeness (QED) is 0.0145. The molecule has 102 heavy (non-hydrogen) atoms. The molecule has 4 bridgehead atoms. The van der Waals surface area contributed by atoms with Gasteiger partial charge in [0.05, 0.1) is 55.0 Å². The zero-order valence-corrected chi connectivity index (χ0v) is 59.0. The van der Waals surface area contributed by atoms with Crippen LogP contribution in [-0.4, -0.2) is 172 Å². The van der Waals surface area contributed by atoms with Crippen LogP contribution in [0, 0.1) is 30.1 Å². The van der Waals surface area contributed by atoms with E-state index in [2.05, 4.69) is 31.6 Å². The van der Waals surface area contributed by atoms with Crippen molar-refractivity contribution in [1.82, 2.24) is 45.5 Å². The number of pyridine rings is 1. The van der Waals surface area contributed by atoms with Gasteiger partial charge in [0.2, 0.25) is 17.7 Å². The number of likely N-dealkylation sites (N-methyl/N-ethyl adjacent to an activating group) is 1. The highest BCUT2D eigenvalue weighted by Gasteiger charge is 2.58. The first-order valence-electron chi connectivity index (χ1n) is 35.1. The summed E-state index contributed by atoms with van der Waals surface area (Å²) < 4.78 is 27.2. The number of rotatable bonds is 35. The zero-order valence-electron chi connectivity index (χ0n) is 58.2. The van der Waals surface area contributed by atoms with E-state index in [0.717, 1.165) is 69.6 Å². The molecule has 4 fully saturated rings. The molecule has 8 N–H and O–H groups in total. The van der Waals surface area contributed by atoms with Crippen molar-refractivity contribution >= 4 is 91.7 Å². The average Bonchev–Trinajstić information content (AvgIpc) is 0.891. The molecule has 2 aliphatic heterocycles. The number of thiazole rings is 1. The van der Waals surface area contributed by atoms with E-state index in [4.69, 9.17) is 34.8 Å². The van der Waals surface area contributed by atoms with Crippen molar-refractivity contribution < 1.29 is 67.2 Å². The Labute approximate surface area is 596 Å². The largest absolute Gasteiger partial charge is 0.476 e. The van der Waals surface area contributed by atoms with Crippen LogP contribution in [-0.2, 0) is 69.0 Å². The van der Waals surface area contributed by atoms with Gasteiger partial charge in [-0.25, -0.2) is 24.4 Å². The number of nitrogens with zero attached hydrogens (tertiary/aromatic N) is 7. The number of para-hydroxylation sites is 1. The number of aromatic nitrogens is 4. The highest BCUT2D eigenvalue weighted by atomic mass is 32.1. The maximum Gasteiger partial charge on any atom is 0.409 e. The Morgan fingerprint density at radius 1 is 0.804 bits per heavy atom. The fraction of sp³-hybridized carbons (Fsp3) is 0.486. The fourth-order valence-electron chi connectivity index (χ4n) is 15.3. The maximum absolute atomic E-state index is 13.8. The Balaban J connectivity index is 0.583. The van der Waals surface area contributed by atoms with Crippen molar-refractivity contribution in [1.29, 1.82) is 0 Å². The topological polar surface area (TPSA) is 350 Å². The summed E-state index contributed by atoms with van der Waals surface area (Å²) in [4.78, 5) is 129. The number of hydrogen-bond donors (Lipinski definition) is 7. The number of carboxylic acid groups (broad SMARTS) is 1. The number of fused-ring (bicyclic) bond motifs is 2. The molecule has 6 aliphatic rings. The van der Waals surface area contributed by atoms with Crippen LogP contribution in [0.3, 0.4) is 0 Å². The van der Waals surface area contributed by atoms with Gasteiger partial charge in [0.25, 0.3) is 17.7 Å². The van der Waals surface area contributed by atoms with Gasteiger partial charge < -0.3 is 60.9 Å². The Bertz CT molecular complexity index is 4030. The Hall–Kier alpha value is -9.64. The molecule has 0 radical (unpaired) electrons. The number of ether oxygens (including phenoxy) is 4. The first-order valence-corrected chi connectivity index (χ1v) is 36.0. The van der Waals surface area contributed by atoms with Gasteiger partial charge in [-0.3, -0.25) is 43.7 Å². The van der Waals surface area contributed by atoms with Crippen molar-refractivity contribution in [3.8, 4) is 11.1 Å². The lowest BCUT2D eigenvalue weighted by atomic mass is 9.48. The number of carboxylic acids is 1. The smallest absolute Gasteiger partial charge is 0.409 e. The molecular weight excluding hydrogens is 1330 g/mol. The average molecular weight is 1420 g/mol. The minimum absolute atomic E-state index is 0.0206. The van der Waals surface area contributed by atoms with Crippen LogP contribution in [0.5, 0.6) is 0 Å². The van der Waals surface area contributed by atoms with Crippen molar-refractivity contribution in [2.75, 3.05) is 81.8 Å². The molecular formula is C74H91N13O14S. The minimum Gasteiger partial charge on any atom is -0.476 e. The lowest BCUT2D eigenvalue weighted by Crippen LogP contribution is -2.58. The SMILES string of the molecule is Cc1c(-c2ccc(N3CCc4cccc(C(=O)Nc5nc6ccccc6s5)c4C3)nc2C(=O)O)cnn1CC12CC3CC(C1)CC(OCCOCCOCCN(C)C(=O)OCc1ccc(NC(=O)[C@H](CCCNC(N)=O)NC(=O)[C@@H](NC(=O)CCCCCN4C(=O)C=CC4=O)C(C)C)cc1)(C3)C2. The van der Waals surface area contributed by atoms with Crippen LogP contribution in [0.15, 0.2) is 97.2 Å². The molecule has 3 aromatic heterocycles. The number of nitrogens with one attached hydrogen (secondary N) is 5. The number of unbranched alkanes of at least 4 members (excludes halogenated alkanes) is 2. The number of imide groups is 1. The molecule has 0 saturated heterocycles. The normalized spacial score (nSPS) is 19.4. The molecule has 2 unspecified atom stereocenters. The number of carbonyl (C=O) groups excluding carboxylic acids is 8. The second kappa shape index (κ2) is 33.4. The third kappa shape index (κ3) is 18.5. The van der Waals surface area contributed by atoms with Crippen LogP contribution < -0.4 is 37.2 Å². The van der Waals surface area contributed by atoms with E-state index in [0.29, 0.717) is 123 Å². The van der Waals surface area contributed by atoms with Gasteiger partial charge >= 0.3 is 18.1 Å². The van der Waals surface area contributed by atoms with E-state index in [-0.39, 0.29) is 91.9 Å². The number of anilines is 3. The Morgan fingerprint density at radius 2 is 1.55 bits per heavy atom. The van der Waals surface area contributed by atoms with Crippen molar-refractivity contribution in [2.45, 2.75) is 142 Å². The van der Waals surface area contributed by atoms with Crippen molar-refractivity contribution in [3.63, 3.8) is 0 Å². The lowest BCUT2D eigenvalue weighted by molar-refractivity contribution is -0.201. The summed E-state index contributed by atoms with van der Waals surface area (Å²) in [6.07, 6.45) is 12.7. The highest BCUT2D eigenvalue weighted by Crippen LogP contribution is 2.63. The Kier molecular flexibility index (Phi) is 24.1. The molecule has 9 amide bonds. The van der Waals surface area contributed by atoms with Crippen LogP contribution in [0.4, 0.5) is 26.2 Å². The summed E-state index contributed by atoms with van der Waals surface area (Å²) in [5, 5.41) is 29.9. The highest BCUT2D eigenvalue weighted by molar-refractivity contribution is 7.22. The maximum atomic E-state index is 13.8. The van der Waals surface area contributed by atoms with Gasteiger partial charge in [-0.2, -0.15) is 5.10 Å². The number of nitrogens with two attached hydrogens (primary N) is 1. The van der Waals surface area contributed by atoms with Crippen LogP contribution >= 0.6 is 11.3 Å². The van der Waals surface area contributed by atoms with Gasteiger partial charge in [-0.15, -0.1) is 0 Å². The predicted octanol–water partition coefficient (Wildman–Crippen LogP) is 8.53. The number of urea groups is 1. The van der Waals surface area contributed by atoms with E-state index in [1.807, 2.05) is 71.1 Å². The molecule has 3 aromatic carbocycles. The molecule has 542 valence electrons. The van der Waals surface area contributed by atoms with Crippen molar-refractivity contribution in [2.24, 2.45) is 28.9 Å². The summed E-state index contributed by atoms with van der Waals surface area (Å²) in [5.74, 6) is -2.30. The predicted molar refractivity (Wildman–Crippen MR) is 381 cm³/mol. The van der Waals surface area contributed by atoms with E-state index in [9.17, 15) is 48.3 Å². The molecule has 4 atom stereocenters. The minimum atomic E-state index is -1.13. The number of primary amides is 1. The van der Waals surface area contributed by atoms with Gasteiger partial charge in [-0.1, -0.05) is 68.0 Å². The third-order valence-electron chi connectivity index (χ3n) is 20.0. The zero-order chi connectivity index (χ0) is 72.1. The molecule has 0 spiro atoms. The van der Waals surface area contributed by atoms with Gasteiger partial charge in [0.15, 0.2) is 10.8 Å². The first kappa shape index (κ1) is 73.6. The monoisotopic (exact) mass is 1420 g/mol. The summed E-state index contributed by atoms with van der Waals surface area (Å²) in [5.41, 5.74) is 11.4. The second-order valence-electron chi connectivity index (χ2n) is 27.9. The number of aromatic carboxylic acids is 1. The van der Waals surface area contributed by atoms with Crippen LogP contribution in [0.1, 0.15) is 134 Å². The molecule has 27 nitrogen and oxygen atoms in total. The van der Waals surface area contributed by atoms with E-state index in [1.54, 1.807) is 51.4 Å². The first-order chi connectivity index (χ1) is 49.1. The summed E-state index contributed by atoms with van der Waals surface area (Å²) in [6, 6.07) is 21.1. The summed E-state index contributed by atoms with van der Waals surface area (Å²) >= 11 is 1.42. The molecule has 4 saturated carbocycles. The van der Waals surface area contributed by atoms with Gasteiger partial charge in [0.1, 0.15) is 24.5 Å². The molecule has 4 aliphatic carbocycles. The third-order valence-corrected chi connectivity index (χ3v) is 20.9. The standard InChI is InChI=1S/C74H91N13O14S/c1-46(2)64(82-61(88)17-6-5-9-28-86-62(89)24-25-63(86)90)68(93)79-58(15-11-27-76-70(75)96)67(92)78-52-20-18-48(19-21-52)43-100-72(97)84(4)30-31-98-32-33-99-34-35-101-74-39-49-36-50(40-74)38-73(37-49,44-74)45-87-47(3)55(41-77-87)53-22-23-60(81-65(53)69(94)95)85-29-26-51-12-10-13-54(56(51)42-85)66(91)83-71-80-57-14-7-8-16-59(57)102-71/h7-8,10,12-14,16,18-25,41,46,49-50,58,64H,5-6,9,11,15,17,26-40,42-45H2,1-4H3,(H,78,92)(H,79,93)(H,82,88)(H,94,95)(H3,75,76,96)(H,80,83,91)/t49?,50?,58-,64-,73?,74?/m0/s1. The Morgan fingerprint density at radius 3 is 2.28 bits per heavy atom. The van der Waals surface area contributed by atoms with Crippen LogP contribution in [0.2, 0.25) is 0 Å². The molecule has 6 aromatic rings. The summed E-state index contributed by atoms with van der Waals surface area (Å²) in [7, 11) is 1.61. The number of hydrogen-bond acceptors (Lipinski definition) is 18. The van der Waals surface area contributed by atoms with E-state index >= 15 is 0 Å². The summed E-state index contributed by atoms with van der Waals surface area (Å²) in [6.45, 7) is 9.63. The molecule has 28 heteroatoms. The van der Waals surface area contributed by atoms with Gasteiger partial charge in [-0.05, 0) is 160 Å².